The molecule has 0 aliphatic carbocycles. The number of unbranched alkanes of at least 4 members (excludes halogenated alkanes) is 1. The highest BCUT2D eigenvalue weighted by Crippen LogP contribution is 2.31. The number of nitrogens with one attached hydrogen (secondary N) is 1. The number of hydrogen-bond donors (Lipinski definition) is 5. The number of ether oxygens (including phenoxy) is 2. The van der Waals surface area contributed by atoms with Gasteiger partial charge >= 0.3 is 11.9 Å². The van der Waals surface area contributed by atoms with Crippen LogP contribution in [0.3, 0.4) is 0 Å². The van der Waals surface area contributed by atoms with Crippen LogP contribution in [0.4, 0.5) is 0 Å². The van der Waals surface area contributed by atoms with Gasteiger partial charge in [0.1, 0.15) is 5.60 Å². The lowest BCUT2D eigenvalue weighted by Gasteiger charge is -2.29. The van der Waals surface area contributed by atoms with E-state index in [1.807, 2.05) is 0 Å². The van der Waals surface area contributed by atoms with Crippen molar-refractivity contribution in [2.24, 2.45) is 11.5 Å². The third-order valence-corrected chi connectivity index (χ3v) is 3.10. The van der Waals surface area contributed by atoms with E-state index in [1.165, 1.54) is 0 Å². The molecule has 0 aliphatic rings. The number of H-pyrrole nitrogens is 1. The topological polar surface area (TPSA) is 161 Å². The summed E-state index contributed by atoms with van der Waals surface area (Å²) in [6.45, 7) is 5.32. The minimum atomic E-state index is -2.05. The molecule has 0 unspecified atom stereocenters. The molecular formula is C15H25N3O6. The van der Waals surface area contributed by atoms with Crippen LogP contribution in [0.5, 0.6) is 17.5 Å². The van der Waals surface area contributed by atoms with Crippen LogP contribution in [0.1, 0.15) is 40.0 Å². The summed E-state index contributed by atoms with van der Waals surface area (Å²) in [6.07, 6.45) is 0.937. The normalized spacial score (nSPS) is 14.0. The number of aromatic nitrogens is 1. The van der Waals surface area contributed by atoms with Crippen LogP contribution < -0.4 is 16.2 Å². The summed E-state index contributed by atoms with van der Waals surface area (Å²) in [5.41, 5.74) is 8.52. The summed E-state index contributed by atoms with van der Waals surface area (Å²) in [5, 5.41) is 18.8. The quantitative estimate of drug-likeness (QED) is 0.272. The fourth-order valence-corrected chi connectivity index (χ4v) is 1.89. The molecule has 0 saturated heterocycles. The molecule has 0 saturated carbocycles. The van der Waals surface area contributed by atoms with Crippen molar-refractivity contribution in [2.45, 2.75) is 51.2 Å². The van der Waals surface area contributed by atoms with Gasteiger partial charge in [0.15, 0.2) is 11.6 Å². The van der Waals surface area contributed by atoms with Gasteiger partial charge in [-0.3, -0.25) is 4.98 Å². The minimum Gasteiger partial charge on any atom is -0.494 e. The highest BCUT2D eigenvalue weighted by molar-refractivity contribution is 6.05. The van der Waals surface area contributed by atoms with Crippen LogP contribution in [-0.2, 0) is 14.3 Å². The Morgan fingerprint density at radius 1 is 1.21 bits per heavy atom. The molecule has 0 bridgehead atoms. The van der Waals surface area contributed by atoms with Gasteiger partial charge in [-0.2, -0.15) is 0 Å². The maximum absolute atomic E-state index is 12.4. The standard InChI is InChI=1S/C15H25N3O6/c1-14(2,3)24-13(22)15(17,6-4-5-7-16)12(21)23-9-8-10(19)18-11(9)20/h8,18-20H,4-7,16-17H2,1-3H3/t15-/m0/s1. The molecule has 0 fully saturated rings. The lowest BCUT2D eigenvalue weighted by molar-refractivity contribution is -0.168. The summed E-state index contributed by atoms with van der Waals surface area (Å²) in [4.78, 5) is 27.0. The van der Waals surface area contributed by atoms with Crippen LogP contribution in [0.15, 0.2) is 6.07 Å². The smallest absolute Gasteiger partial charge is 0.343 e. The molecule has 136 valence electrons. The Morgan fingerprint density at radius 2 is 1.83 bits per heavy atom. The fourth-order valence-electron chi connectivity index (χ4n) is 1.89. The van der Waals surface area contributed by atoms with Gasteiger partial charge < -0.3 is 31.2 Å². The summed E-state index contributed by atoms with van der Waals surface area (Å²) >= 11 is 0. The van der Waals surface area contributed by atoms with E-state index >= 15 is 0 Å². The van der Waals surface area contributed by atoms with E-state index in [2.05, 4.69) is 4.98 Å². The predicted molar refractivity (Wildman–Crippen MR) is 85.4 cm³/mol. The first kappa shape index (κ1) is 19.8. The van der Waals surface area contributed by atoms with Crippen molar-refractivity contribution < 1.29 is 29.3 Å². The van der Waals surface area contributed by atoms with E-state index in [4.69, 9.17) is 20.9 Å². The largest absolute Gasteiger partial charge is 0.494 e. The third kappa shape index (κ3) is 5.14. The molecule has 1 rings (SSSR count). The zero-order valence-corrected chi connectivity index (χ0v) is 14.1. The monoisotopic (exact) mass is 343 g/mol. The molecule has 9 heteroatoms. The second kappa shape index (κ2) is 7.54. The first-order valence-corrected chi connectivity index (χ1v) is 7.55. The second-order valence-electron chi connectivity index (χ2n) is 6.48. The maximum Gasteiger partial charge on any atom is 0.343 e. The van der Waals surface area contributed by atoms with Gasteiger partial charge in [0.2, 0.25) is 11.4 Å². The Kier molecular flexibility index (Phi) is 6.22. The van der Waals surface area contributed by atoms with Crippen molar-refractivity contribution in [1.29, 1.82) is 0 Å². The summed E-state index contributed by atoms with van der Waals surface area (Å²) in [6, 6.07) is 0.989. The van der Waals surface area contributed by atoms with E-state index in [0.29, 0.717) is 19.4 Å². The highest BCUT2D eigenvalue weighted by atomic mass is 16.6. The molecule has 0 aliphatic heterocycles. The summed E-state index contributed by atoms with van der Waals surface area (Å²) < 4.78 is 10.2. The first-order valence-electron chi connectivity index (χ1n) is 7.55. The molecule has 24 heavy (non-hydrogen) atoms. The number of aromatic amines is 1. The van der Waals surface area contributed by atoms with Crippen LogP contribution >= 0.6 is 0 Å². The molecule has 1 aromatic rings. The number of aromatic hydroxyl groups is 2. The van der Waals surface area contributed by atoms with Gasteiger partial charge in [-0.15, -0.1) is 0 Å². The van der Waals surface area contributed by atoms with Gasteiger partial charge in [0.25, 0.3) is 0 Å². The lowest BCUT2D eigenvalue weighted by atomic mass is 9.93. The second-order valence-corrected chi connectivity index (χ2v) is 6.48. The van der Waals surface area contributed by atoms with Crippen molar-refractivity contribution in [3.63, 3.8) is 0 Å². The van der Waals surface area contributed by atoms with Crippen molar-refractivity contribution in [3.05, 3.63) is 6.07 Å². The van der Waals surface area contributed by atoms with Gasteiger partial charge in [0.05, 0.1) is 0 Å². The molecule has 1 atom stereocenters. The van der Waals surface area contributed by atoms with Gasteiger partial charge in [-0.25, -0.2) is 9.59 Å². The maximum atomic E-state index is 12.4. The Bertz CT molecular complexity index is 593. The lowest BCUT2D eigenvalue weighted by Crippen LogP contribution is -2.58. The molecule has 1 aromatic heterocycles. The van der Waals surface area contributed by atoms with Gasteiger partial charge in [0, 0.05) is 6.07 Å². The Balaban J connectivity index is 3.00. The van der Waals surface area contributed by atoms with E-state index in [9.17, 15) is 19.8 Å². The molecule has 1 heterocycles. The van der Waals surface area contributed by atoms with Gasteiger partial charge in [-0.1, -0.05) is 0 Å². The average Bonchev–Trinajstić information content (AvgIpc) is 2.74. The molecule has 0 amide bonds. The van der Waals surface area contributed by atoms with Crippen molar-refractivity contribution in [1.82, 2.24) is 4.98 Å². The van der Waals surface area contributed by atoms with Gasteiger partial charge in [-0.05, 0) is 46.6 Å². The Morgan fingerprint density at radius 3 is 2.29 bits per heavy atom. The molecule has 0 aromatic carbocycles. The summed E-state index contributed by atoms with van der Waals surface area (Å²) in [5.74, 6) is -3.33. The molecule has 9 nitrogen and oxygen atoms in total. The van der Waals surface area contributed by atoms with E-state index < -0.39 is 34.8 Å². The number of esters is 2. The Labute approximate surface area is 139 Å². The summed E-state index contributed by atoms with van der Waals surface area (Å²) in [7, 11) is 0. The van der Waals surface area contributed by atoms with Crippen molar-refractivity contribution >= 4 is 11.9 Å². The van der Waals surface area contributed by atoms with E-state index in [1.54, 1.807) is 20.8 Å². The third-order valence-electron chi connectivity index (χ3n) is 3.10. The van der Waals surface area contributed by atoms with Crippen LogP contribution in [0, 0.1) is 0 Å². The number of rotatable bonds is 7. The predicted octanol–water partition coefficient (Wildman–Crippen LogP) is 0.499. The van der Waals surface area contributed by atoms with Crippen LogP contribution in [0.2, 0.25) is 0 Å². The first-order chi connectivity index (χ1) is 11.0. The van der Waals surface area contributed by atoms with Crippen molar-refractivity contribution in [3.8, 4) is 17.5 Å². The zero-order chi connectivity index (χ0) is 18.5. The van der Waals surface area contributed by atoms with Crippen LogP contribution in [0.25, 0.3) is 0 Å². The molecular weight excluding hydrogens is 318 g/mol. The highest BCUT2D eigenvalue weighted by Gasteiger charge is 2.46. The number of nitrogens with two attached hydrogens (primary N) is 2. The minimum absolute atomic E-state index is 0.0326. The Hall–Kier alpha value is -2.26. The van der Waals surface area contributed by atoms with Crippen LogP contribution in [-0.4, -0.2) is 44.8 Å². The van der Waals surface area contributed by atoms with E-state index in [-0.39, 0.29) is 12.2 Å². The zero-order valence-electron chi connectivity index (χ0n) is 14.1. The fraction of sp³-hybridized carbons (Fsp3) is 0.600. The molecule has 0 spiro atoms. The molecule has 7 N–H and O–H groups in total. The average molecular weight is 343 g/mol. The number of carbonyl (C=O) groups is 2. The number of carbonyl (C=O) groups excluding carboxylic acids is 2. The molecule has 0 radical (unpaired) electrons. The van der Waals surface area contributed by atoms with Crippen molar-refractivity contribution in [2.75, 3.05) is 6.54 Å². The SMILES string of the molecule is CC(C)(C)OC(=O)[C@](N)(CCCCN)C(=O)Oc1cc(O)[nH]c1O. The van der Waals surface area contributed by atoms with E-state index in [0.717, 1.165) is 6.07 Å². The number of hydrogen-bond acceptors (Lipinski definition) is 8.